The van der Waals surface area contributed by atoms with Crippen molar-refractivity contribution in [3.05, 3.63) is 40.8 Å². The molecule has 0 aliphatic carbocycles. The zero-order chi connectivity index (χ0) is 15.0. The van der Waals surface area contributed by atoms with Crippen LogP contribution in [0.1, 0.15) is 25.0 Å². The zero-order valence-electron chi connectivity index (χ0n) is 12.3. The maximum atomic E-state index is 11.6. The highest BCUT2D eigenvalue weighted by molar-refractivity contribution is 7.92. The van der Waals surface area contributed by atoms with E-state index in [1.807, 2.05) is 24.3 Å². The Kier molecular flexibility index (Phi) is 6.91. The summed E-state index contributed by atoms with van der Waals surface area (Å²) in [6.45, 7) is 4.98. The average Bonchev–Trinajstić information content (AvgIpc) is 2.37. The lowest BCUT2D eigenvalue weighted by molar-refractivity contribution is 0.204. The van der Waals surface area contributed by atoms with Crippen molar-refractivity contribution in [1.29, 1.82) is 0 Å². The second-order valence-electron chi connectivity index (χ2n) is 5.07. The molecular weight excluding hydrogens is 274 g/mol. The molecule has 0 aliphatic rings. The van der Waals surface area contributed by atoms with Gasteiger partial charge in [0.1, 0.15) is 0 Å². The molecule has 0 atom stereocenters. The first-order chi connectivity index (χ1) is 9.43. The molecule has 0 bridgehead atoms. The summed E-state index contributed by atoms with van der Waals surface area (Å²) in [5.41, 5.74) is 2.13. The fraction of sp³-hybridized carbons (Fsp3) is 0.467. The van der Waals surface area contributed by atoms with Crippen LogP contribution in [0.2, 0.25) is 0 Å². The van der Waals surface area contributed by atoms with Crippen molar-refractivity contribution < 1.29 is 13.2 Å². The van der Waals surface area contributed by atoms with E-state index in [0.29, 0.717) is 12.5 Å². The molecule has 0 aliphatic heterocycles. The Bertz CT molecular complexity index is 519. The van der Waals surface area contributed by atoms with Gasteiger partial charge in [-0.05, 0) is 29.5 Å². The van der Waals surface area contributed by atoms with Gasteiger partial charge in [0.2, 0.25) is 10.0 Å². The lowest BCUT2D eigenvalue weighted by atomic mass is 10.0. The fourth-order valence-electron chi connectivity index (χ4n) is 1.74. The summed E-state index contributed by atoms with van der Waals surface area (Å²) in [6, 6.07) is 7.92. The topological polar surface area (TPSA) is 55.4 Å². The molecule has 0 saturated carbocycles. The Morgan fingerprint density at radius 3 is 2.45 bits per heavy atom. The van der Waals surface area contributed by atoms with Gasteiger partial charge in [-0.25, -0.2) is 13.1 Å². The lowest BCUT2D eigenvalue weighted by Gasteiger charge is -2.05. The first-order valence-corrected chi connectivity index (χ1v) is 8.23. The van der Waals surface area contributed by atoms with Crippen LogP contribution in [0.3, 0.4) is 0 Å². The minimum Gasteiger partial charge on any atom is -0.383 e. The van der Waals surface area contributed by atoms with Crippen LogP contribution in [0, 0.1) is 5.92 Å². The molecule has 4 nitrogen and oxygen atoms in total. The zero-order valence-corrected chi connectivity index (χ0v) is 13.1. The minimum atomic E-state index is -3.39. The third-order valence-electron chi connectivity index (χ3n) is 2.67. The standard InChI is InChI=1S/C15H23NO3S/c1-13(2)12-15-6-4-14(5-7-15)8-11-20(17,18)16-9-10-19-3/h4-8,11,13,16H,9-10,12H2,1-3H3/b11-8+. The Morgan fingerprint density at radius 2 is 1.90 bits per heavy atom. The molecule has 0 saturated heterocycles. The Labute approximate surface area is 121 Å². The molecule has 1 N–H and O–H groups in total. The number of benzene rings is 1. The molecule has 0 radical (unpaired) electrons. The summed E-state index contributed by atoms with van der Waals surface area (Å²) in [5, 5.41) is 1.18. The number of hydrogen-bond donors (Lipinski definition) is 1. The van der Waals surface area contributed by atoms with Gasteiger partial charge in [0.05, 0.1) is 6.61 Å². The van der Waals surface area contributed by atoms with E-state index in [9.17, 15) is 8.42 Å². The van der Waals surface area contributed by atoms with Crippen molar-refractivity contribution >= 4 is 16.1 Å². The molecule has 0 fully saturated rings. The predicted molar refractivity (Wildman–Crippen MR) is 82.8 cm³/mol. The second kappa shape index (κ2) is 8.19. The maximum Gasteiger partial charge on any atom is 0.233 e. The molecule has 0 amide bonds. The van der Waals surface area contributed by atoms with Gasteiger partial charge in [-0.1, -0.05) is 38.1 Å². The first kappa shape index (κ1) is 16.9. The monoisotopic (exact) mass is 297 g/mol. The third-order valence-corrected chi connectivity index (χ3v) is 3.77. The van der Waals surface area contributed by atoms with Gasteiger partial charge in [0.25, 0.3) is 0 Å². The van der Waals surface area contributed by atoms with Crippen LogP contribution in [0.4, 0.5) is 0 Å². The van der Waals surface area contributed by atoms with Gasteiger partial charge >= 0.3 is 0 Å². The fourth-order valence-corrected chi connectivity index (χ4v) is 2.54. The summed E-state index contributed by atoms with van der Waals surface area (Å²) in [5.74, 6) is 0.613. The van der Waals surface area contributed by atoms with E-state index in [2.05, 4.69) is 18.6 Å². The molecule has 112 valence electrons. The van der Waals surface area contributed by atoms with Gasteiger partial charge in [0, 0.05) is 19.1 Å². The SMILES string of the molecule is COCCNS(=O)(=O)/C=C/c1ccc(CC(C)C)cc1. The van der Waals surface area contributed by atoms with Crippen molar-refractivity contribution in [3.8, 4) is 0 Å². The van der Waals surface area contributed by atoms with Crippen molar-refractivity contribution in [1.82, 2.24) is 4.72 Å². The van der Waals surface area contributed by atoms with Crippen LogP contribution in [-0.4, -0.2) is 28.7 Å². The molecule has 0 aromatic heterocycles. The average molecular weight is 297 g/mol. The summed E-state index contributed by atoms with van der Waals surface area (Å²) in [6.07, 6.45) is 2.62. The molecule has 0 heterocycles. The molecule has 20 heavy (non-hydrogen) atoms. The number of methoxy groups -OCH3 is 1. The van der Waals surface area contributed by atoms with Crippen LogP contribution in [0.5, 0.6) is 0 Å². The number of sulfonamides is 1. The van der Waals surface area contributed by atoms with E-state index in [4.69, 9.17) is 4.74 Å². The largest absolute Gasteiger partial charge is 0.383 e. The number of nitrogens with one attached hydrogen (secondary N) is 1. The van der Waals surface area contributed by atoms with Crippen LogP contribution in [0.15, 0.2) is 29.7 Å². The molecule has 5 heteroatoms. The summed E-state index contributed by atoms with van der Waals surface area (Å²) >= 11 is 0. The van der Waals surface area contributed by atoms with Crippen LogP contribution in [0.25, 0.3) is 6.08 Å². The minimum absolute atomic E-state index is 0.274. The van der Waals surface area contributed by atoms with E-state index in [1.165, 1.54) is 18.1 Å². The summed E-state index contributed by atoms with van der Waals surface area (Å²) in [4.78, 5) is 0. The summed E-state index contributed by atoms with van der Waals surface area (Å²) in [7, 11) is -1.86. The normalized spacial score (nSPS) is 12.4. The van der Waals surface area contributed by atoms with E-state index in [0.717, 1.165) is 12.0 Å². The number of hydrogen-bond acceptors (Lipinski definition) is 3. The van der Waals surface area contributed by atoms with Crippen LogP contribution in [-0.2, 0) is 21.2 Å². The second-order valence-corrected chi connectivity index (χ2v) is 6.73. The van der Waals surface area contributed by atoms with Crippen molar-refractivity contribution in [2.45, 2.75) is 20.3 Å². The number of ether oxygens (including phenoxy) is 1. The first-order valence-electron chi connectivity index (χ1n) is 6.68. The number of rotatable bonds is 8. The van der Waals surface area contributed by atoms with Crippen LogP contribution >= 0.6 is 0 Å². The van der Waals surface area contributed by atoms with E-state index in [1.54, 1.807) is 6.08 Å². The van der Waals surface area contributed by atoms with Gasteiger partial charge in [-0.2, -0.15) is 0 Å². The highest BCUT2D eigenvalue weighted by Gasteiger charge is 2.03. The lowest BCUT2D eigenvalue weighted by Crippen LogP contribution is -2.24. The smallest absolute Gasteiger partial charge is 0.233 e. The van der Waals surface area contributed by atoms with E-state index >= 15 is 0 Å². The highest BCUT2D eigenvalue weighted by atomic mass is 32.2. The van der Waals surface area contributed by atoms with Crippen molar-refractivity contribution in [2.75, 3.05) is 20.3 Å². The molecule has 0 spiro atoms. The highest BCUT2D eigenvalue weighted by Crippen LogP contribution is 2.11. The van der Waals surface area contributed by atoms with Crippen molar-refractivity contribution in [3.63, 3.8) is 0 Å². The van der Waals surface area contributed by atoms with E-state index in [-0.39, 0.29) is 6.54 Å². The van der Waals surface area contributed by atoms with Gasteiger partial charge in [-0.3, -0.25) is 0 Å². The Hall–Kier alpha value is -1.17. The van der Waals surface area contributed by atoms with Crippen LogP contribution < -0.4 is 4.72 Å². The Morgan fingerprint density at radius 1 is 1.25 bits per heavy atom. The molecule has 0 unspecified atom stereocenters. The molecular formula is C15H23NO3S. The summed E-state index contributed by atoms with van der Waals surface area (Å²) < 4.78 is 30.5. The molecule has 1 aromatic carbocycles. The molecule has 1 rings (SSSR count). The predicted octanol–water partition coefficient (Wildman–Crippen LogP) is 2.42. The van der Waals surface area contributed by atoms with Crippen molar-refractivity contribution in [2.24, 2.45) is 5.92 Å². The third kappa shape index (κ3) is 6.84. The maximum absolute atomic E-state index is 11.6. The van der Waals surface area contributed by atoms with Gasteiger partial charge < -0.3 is 4.74 Å². The molecule has 1 aromatic rings. The quantitative estimate of drug-likeness (QED) is 0.750. The van der Waals surface area contributed by atoms with E-state index < -0.39 is 10.0 Å². The Balaban J connectivity index is 2.61. The van der Waals surface area contributed by atoms with Gasteiger partial charge in [-0.15, -0.1) is 0 Å². The van der Waals surface area contributed by atoms with Gasteiger partial charge in [0.15, 0.2) is 0 Å².